The minimum absolute atomic E-state index is 0.121. The normalized spacial score (nSPS) is 21.9. The predicted octanol–water partition coefficient (Wildman–Crippen LogP) is 4.97. The average molecular weight is 486 g/mol. The molecular formula is C28H28ClN5O. The second-order valence-electron chi connectivity index (χ2n) is 9.82. The van der Waals surface area contributed by atoms with Crippen molar-refractivity contribution < 1.29 is 0 Å². The Kier molecular flexibility index (Phi) is 5.78. The van der Waals surface area contributed by atoms with Gasteiger partial charge in [0.05, 0.1) is 0 Å². The van der Waals surface area contributed by atoms with Crippen LogP contribution in [0.3, 0.4) is 0 Å². The summed E-state index contributed by atoms with van der Waals surface area (Å²) < 4.78 is 1.60. The zero-order valence-corrected chi connectivity index (χ0v) is 20.4. The van der Waals surface area contributed by atoms with E-state index in [2.05, 4.69) is 45.5 Å². The molecule has 2 unspecified atom stereocenters. The number of fused-ring (bicyclic) bond motifs is 3. The van der Waals surface area contributed by atoms with Crippen LogP contribution in [-0.2, 0) is 13.6 Å². The molecule has 35 heavy (non-hydrogen) atoms. The Labute approximate surface area is 209 Å². The van der Waals surface area contributed by atoms with Gasteiger partial charge in [-0.25, -0.2) is 4.98 Å². The van der Waals surface area contributed by atoms with E-state index in [9.17, 15) is 4.79 Å². The molecule has 2 aromatic carbocycles. The van der Waals surface area contributed by atoms with Crippen LogP contribution in [0.5, 0.6) is 0 Å². The van der Waals surface area contributed by atoms with Crippen LogP contribution in [-0.4, -0.2) is 38.6 Å². The minimum atomic E-state index is -0.121. The second-order valence-corrected chi connectivity index (χ2v) is 10.2. The summed E-state index contributed by atoms with van der Waals surface area (Å²) >= 11 is 6.36. The lowest BCUT2D eigenvalue weighted by Crippen LogP contribution is -2.47. The van der Waals surface area contributed by atoms with Crippen LogP contribution < -0.4 is 10.9 Å². The quantitative estimate of drug-likeness (QED) is 0.432. The maximum atomic E-state index is 13.2. The summed E-state index contributed by atoms with van der Waals surface area (Å²) in [5.74, 6) is 1.74. The molecule has 1 saturated heterocycles. The van der Waals surface area contributed by atoms with Crippen molar-refractivity contribution in [2.24, 2.45) is 18.9 Å². The number of pyridine rings is 1. The highest BCUT2D eigenvalue weighted by molar-refractivity contribution is 6.33. The molecule has 178 valence electrons. The molecule has 1 saturated carbocycles. The van der Waals surface area contributed by atoms with E-state index in [0.29, 0.717) is 40.1 Å². The zero-order valence-electron chi connectivity index (χ0n) is 19.7. The van der Waals surface area contributed by atoms with Gasteiger partial charge in [-0.05, 0) is 42.4 Å². The molecule has 2 aromatic heterocycles. The first-order valence-electron chi connectivity index (χ1n) is 12.2. The van der Waals surface area contributed by atoms with Crippen molar-refractivity contribution in [2.75, 3.05) is 18.4 Å². The van der Waals surface area contributed by atoms with Gasteiger partial charge in [0.1, 0.15) is 5.65 Å². The number of hydrogen-bond acceptors (Lipinski definition) is 5. The Bertz CT molecular complexity index is 1420. The molecule has 6 nitrogen and oxygen atoms in total. The molecule has 2 bridgehead atoms. The van der Waals surface area contributed by atoms with Gasteiger partial charge in [-0.2, -0.15) is 4.98 Å². The fourth-order valence-corrected chi connectivity index (χ4v) is 6.10. The number of nitrogens with zero attached hydrogens (tertiary/aromatic N) is 4. The molecule has 2 fully saturated rings. The number of benzene rings is 2. The van der Waals surface area contributed by atoms with Crippen molar-refractivity contribution >= 4 is 28.6 Å². The molecule has 3 heterocycles. The lowest BCUT2D eigenvalue weighted by atomic mass is 9.92. The fourth-order valence-electron chi connectivity index (χ4n) is 5.86. The maximum Gasteiger partial charge on any atom is 0.259 e. The summed E-state index contributed by atoms with van der Waals surface area (Å²) in [5, 5.41) is 5.00. The Balaban J connectivity index is 1.24. The fraction of sp³-hybridized carbons (Fsp3) is 0.321. The third-order valence-corrected chi connectivity index (χ3v) is 7.90. The van der Waals surface area contributed by atoms with Crippen LogP contribution in [0.15, 0.2) is 71.7 Å². The van der Waals surface area contributed by atoms with Crippen LogP contribution in [0.4, 0.5) is 5.95 Å². The van der Waals surface area contributed by atoms with Gasteiger partial charge in [0, 0.05) is 60.5 Å². The largest absolute Gasteiger partial charge is 0.351 e. The van der Waals surface area contributed by atoms with Gasteiger partial charge in [0.15, 0.2) is 0 Å². The van der Waals surface area contributed by atoms with Gasteiger partial charge < -0.3 is 5.32 Å². The highest BCUT2D eigenvalue weighted by Crippen LogP contribution is 2.39. The average Bonchev–Trinajstić information content (AvgIpc) is 3.10. The lowest BCUT2D eigenvalue weighted by Gasteiger charge is -2.38. The summed E-state index contributed by atoms with van der Waals surface area (Å²) in [4.78, 5) is 25.1. The number of likely N-dealkylation sites (tertiary alicyclic amines) is 1. The minimum Gasteiger partial charge on any atom is -0.351 e. The third kappa shape index (κ3) is 4.21. The van der Waals surface area contributed by atoms with Crippen molar-refractivity contribution in [1.82, 2.24) is 19.4 Å². The van der Waals surface area contributed by atoms with Gasteiger partial charge in [0.2, 0.25) is 5.95 Å². The molecule has 4 aromatic rings. The highest BCUT2D eigenvalue weighted by atomic mass is 35.5. The van der Waals surface area contributed by atoms with Gasteiger partial charge in [-0.1, -0.05) is 60.1 Å². The summed E-state index contributed by atoms with van der Waals surface area (Å²) in [6.07, 6.45) is 4.25. The monoisotopic (exact) mass is 485 g/mol. The summed E-state index contributed by atoms with van der Waals surface area (Å²) in [7, 11) is 1.76. The molecule has 0 amide bonds. The maximum absolute atomic E-state index is 13.2. The number of rotatable bonds is 5. The van der Waals surface area contributed by atoms with Gasteiger partial charge in [-0.3, -0.25) is 14.3 Å². The molecule has 0 radical (unpaired) electrons. The molecule has 2 atom stereocenters. The van der Waals surface area contributed by atoms with Crippen LogP contribution in [0.2, 0.25) is 5.02 Å². The van der Waals surface area contributed by atoms with Crippen molar-refractivity contribution in [3.63, 3.8) is 0 Å². The van der Waals surface area contributed by atoms with Crippen LogP contribution in [0.25, 0.3) is 22.2 Å². The Morgan fingerprint density at radius 1 is 1.00 bits per heavy atom. The Morgan fingerprint density at radius 3 is 2.46 bits per heavy atom. The van der Waals surface area contributed by atoms with E-state index in [4.69, 9.17) is 16.6 Å². The van der Waals surface area contributed by atoms with E-state index in [1.165, 1.54) is 18.4 Å². The summed E-state index contributed by atoms with van der Waals surface area (Å²) in [6.45, 7) is 3.16. The number of aromatic nitrogens is 3. The van der Waals surface area contributed by atoms with Crippen molar-refractivity contribution in [3.8, 4) is 11.1 Å². The first-order chi connectivity index (χ1) is 17.1. The van der Waals surface area contributed by atoms with Gasteiger partial charge in [0.25, 0.3) is 5.56 Å². The van der Waals surface area contributed by atoms with Crippen LogP contribution >= 0.6 is 11.6 Å². The SMILES string of the molecule is Cn1c(=O)c(-c2ccccc2Cl)cc2cnc(NC3C4CCC3CN(Cc3ccccc3)C4)nc21. The van der Waals surface area contributed by atoms with Crippen molar-refractivity contribution in [2.45, 2.75) is 25.4 Å². The first-order valence-corrected chi connectivity index (χ1v) is 12.6. The number of piperidine rings is 1. The number of nitrogens with one attached hydrogen (secondary N) is 1. The molecule has 1 N–H and O–H groups in total. The predicted molar refractivity (Wildman–Crippen MR) is 141 cm³/mol. The second kappa shape index (κ2) is 9.10. The molecule has 0 spiro atoms. The molecule has 1 aliphatic carbocycles. The number of aryl methyl sites for hydroxylation is 1. The number of anilines is 1. The van der Waals surface area contributed by atoms with Crippen LogP contribution in [0.1, 0.15) is 18.4 Å². The van der Waals surface area contributed by atoms with Crippen molar-refractivity contribution in [1.29, 1.82) is 0 Å². The lowest BCUT2D eigenvalue weighted by molar-refractivity contribution is 0.148. The zero-order chi connectivity index (χ0) is 23.9. The summed E-state index contributed by atoms with van der Waals surface area (Å²) in [5.41, 5.74) is 3.14. The smallest absolute Gasteiger partial charge is 0.259 e. The molecule has 7 heteroatoms. The topological polar surface area (TPSA) is 63.1 Å². The first kappa shape index (κ1) is 22.3. The van der Waals surface area contributed by atoms with E-state index in [-0.39, 0.29) is 5.56 Å². The highest BCUT2D eigenvalue weighted by Gasteiger charge is 2.42. The van der Waals surface area contributed by atoms with Crippen LogP contribution in [0, 0.1) is 11.8 Å². The van der Waals surface area contributed by atoms with E-state index in [1.807, 2.05) is 24.3 Å². The molecule has 2 aliphatic rings. The summed E-state index contributed by atoms with van der Waals surface area (Å²) in [6, 6.07) is 20.3. The van der Waals surface area contributed by atoms with Gasteiger partial charge in [-0.15, -0.1) is 0 Å². The molecular weight excluding hydrogens is 458 g/mol. The van der Waals surface area contributed by atoms with E-state index >= 15 is 0 Å². The molecule has 1 aliphatic heterocycles. The van der Waals surface area contributed by atoms with Gasteiger partial charge >= 0.3 is 0 Å². The van der Waals surface area contributed by atoms with E-state index in [0.717, 1.165) is 30.6 Å². The number of halogens is 1. The Morgan fingerprint density at radius 2 is 1.71 bits per heavy atom. The third-order valence-electron chi connectivity index (χ3n) is 7.57. The van der Waals surface area contributed by atoms with E-state index < -0.39 is 0 Å². The number of hydrogen-bond donors (Lipinski definition) is 1. The Hall–Kier alpha value is -3.22. The van der Waals surface area contributed by atoms with Crippen molar-refractivity contribution in [3.05, 3.63) is 87.8 Å². The standard InChI is InChI=1S/C28H28ClN5O/c1-33-26-21(13-23(27(33)35)22-9-5-6-10-24(22)29)14-30-28(32-26)31-25-19-11-12-20(25)17-34(16-19)15-18-7-3-2-4-8-18/h2-10,13-14,19-20,25H,11-12,15-17H2,1H3,(H,30,31,32). The molecule has 6 rings (SSSR count). The van der Waals surface area contributed by atoms with E-state index in [1.54, 1.807) is 23.9 Å².